The summed E-state index contributed by atoms with van der Waals surface area (Å²) < 4.78 is 9.42. The number of unbranched alkanes of at least 4 members (excludes halogenated alkanes) is 13. The molecule has 0 aliphatic rings. The number of thioether (sulfide) groups is 1. The quantitative estimate of drug-likeness (QED) is 0.0892. The molecule has 0 bridgehead atoms. The second kappa shape index (κ2) is 25.5. The van der Waals surface area contributed by atoms with Gasteiger partial charge in [-0.2, -0.15) is 0 Å². The topological polar surface area (TPSA) is 52.6 Å². The zero-order valence-electron chi connectivity index (χ0n) is 21.8. The van der Waals surface area contributed by atoms with Gasteiger partial charge in [-0.1, -0.05) is 83.5 Å². The highest BCUT2D eigenvalue weighted by Gasteiger charge is 2.08. The fourth-order valence-electron chi connectivity index (χ4n) is 3.66. The lowest BCUT2D eigenvalue weighted by molar-refractivity contribution is -0.141. The molecule has 1 atom stereocenters. The average molecular weight is 483 g/mol. The van der Waals surface area contributed by atoms with Gasteiger partial charge in [0.2, 0.25) is 0 Å². The van der Waals surface area contributed by atoms with Crippen molar-refractivity contribution in [3.63, 3.8) is 0 Å². The summed E-state index contributed by atoms with van der Waals surface area (Å²) in [6, 6.07) is 0. The van der Waals surface area contributed by atoms with Crippen LogP contribution >= 0.6 is 11.8 Å². The molecule has 1 unspecified atom stereocenters. The van der Waals surface area contributed by atoms with Crippen LogP contribution in [0.4, 0.5) is 0 Å². The predicted octanol–water partition coefficient (Wildman–Crippen LogP) is 7.87. The van der Waals surface area contributed by atoms with Gasteiger partial charge in [-0.3, -0.25) is 9.59 Å². The molecule has 0 saturated heterocycles. The Labute approximate surface area is 208 Å². The summed E-state index contributed by atoms with van der Waals surface area (Å²) in [5, 5.41) is 0.339. The first-order valence-electron chi connectivity index (χ1n) is 13.4. The number of carbonyl (C=O) groups excluding carboxylic acids is 2. The fraction of sp³-hybridized carbons (Fsp3) is 0.857. The van der Waals surface area contributed by atoms with Gasteiger partial charge in [0, 0.05) is 19.3 Å². The van der Waals surface area contributed by atoms with Gasteiger partial charge >= 0.3 is 11.9 Å². The van der Waals surface area contributed by atoms with E-state index in [1.54, 1.807) is 0 Å². The number of hydrogen-bond donors (Lipinski definition) is 0. The monoisotopic (exact) mass is 482 g/mol. The molecular formula is C28H50O4S. The number of hydrogen-bond acceptors (Lipinski definition) is 5. The van der Waals surface area contributed by atoms with Crippen LogP contribution in [-0.4, -0.2) is 37.2 Å². The summed E-state index contributed by atoms with van der Waals surface area (Å²) in [4.78, 5) is 22.5. The first-order chi connectivity index (χ1) is 16.1. The number of carbonyl (C=O) groups is 2. The lowest BCUT2D eigenvalue weighted by Crippen LogP contribution is -2.04. The molecule has 4 nitrogen and oxygen atoms in total. The molecule has 0 aromatic carbocycles. The molecule has 0 amide bonds. The Balaban J connectivity index is 4.02. The van der Waals surface area contributed by atoms with E-state index in [0.29, 0.717) is 18.1 Å². The average Bonchev–Trinajstić information content (AvgIpc) is 2.83. The van der Waals surface area contributed by atoms with Crippen molar-refractivity contribution in [1.29, 1.82) is 0 Å². The third-order valence-corrected chi connectivity index (χ3v) is 7.10. The first-order valence-corrected chi connectivity index (χ1v) is 14.4. The molecule has 0 N–H and O–H groups in total. The van der Waals surface area contributed by atoms with Gasteiger partial charge in [-0.25, -0.2) is 0 Å². The van der Waals surface area contributed by atoms with Crippen LogP contribution in [0.5, 0.6) is 0 Å². The Morgan fingerprint density at radius 1 is 0.697 bits per heavy atom. The van der Waals surface area contributed by atoms with Crippen LogP contribution < -0.4 is 0 Å². The van der Waals surface area contributed by atoms with Gasteiger partial charge < -0.3 is 9.47 Å². The summed E-state index contributed by atoms with van der Waals surface area (Å²) in [6.07, 6.45) is 21.4. The Hall–Kier alpha value is -1.15. The minimum absolute atomic E-state index is 0.121. The second-order valence-corrected chi connectivity index (χ2v) is 10.1. The van der Waals surface area contributed by atoms with Crippen LogP contribution in [-0.2, 0) is 19.1 Å². The van der Waals surface area contributed by atoms with Crippen molar-refractivity contribution in [3.05, 3.63) is 0 Å². The van der Waals surface area contributed by atoms with E-state index in [0.717, 1.165) is 50.7 Å². The molecule has 192 valence electrons. The van der Waals surface area contributed by atoms with Gasteiger partial charge in [0.1, 0.15) is 0 Å². The molecule has 0 rings (SSSR count). The highest BCUT2D eigenvalue weighted by molar-refractivity contribution is 8.00. The lowest BCUT2D eigenvalue weighted by Gasteiger charge is -2.10. The highest BCUT2D eigenvalue weighted by Crippen LogP contribution is 2.20. The Bertz CT molecular complexity index is 524. The van der Waals surface area contributed by atoms with Crippen molar-refractivity contribution in [2.24, 2.45) is 0 Å². The van der Waals surface area contributed by atoms with Crippen LogP contribution in [0.3, 0.4) is 0 Å². The van der Waals surface area contributed by atoms with Crippen LogP contribution in [0.25, 0.3) is 0 Å². The molecule has 5 heteroatoms. The van der Waals surface area contributed by atoms with Gasteiger partial charge in [0.05, 0.1) is 19.5 Å². The van der Waals surface area contributed by atoms with Gasteiger partial charge in [0.25, 0.3) is 0 Å². The van der Waals surface area contributed by atoms with E-state index in [1.807, 2.05) is 11.8 Å². The van der Waals surface area contributed by atoms with E-state index >= 15 is 0 Å². The van der Waals surface area contributed by atoms with E-state index in [1.165, 1.54) is 78.4 Å². The third-order valence-electron chi connectivity index (χ3n) is 5.82. The van der Waals surface area contributed by atoms with Gasteiger partial charge in [0.15, 0.2) is 0 Å². The summed E-state index contributed by atoms with van der Waals surface area (Å²) in [7, 11) is 2.89. The molecular weight excluding hydrogens is 432 g/mol. The van der Waals surface area contributed by atoms with Crippen molar-refractivity contribution >= 4 is 23.7 Å². The number of rotatable bonds is 22. The SMILES string of the molecule is CCCCCCCCCCCCC#CC(CCCCC(=O)OC)SCCCCCC(=O)OC. The Morgan fingerprint density at radius 3 is 1.79 bits per heavy atom. The fourth-order valence-corrected chi connectivity index (χ4v) is 4.82. The van der Waals surface area contributed by atoms with Crippen molar-refractivity contribution in [2.45, 2.75) is 134 Å². The first kappa shape index (κ1) is 31.9. The van der Waals surface area contributed by atoms with Crippen molar-refractivity contribution in [3.8, 4) is 11.8 Å². The molecule has 0 radical (unpaired) electrons. The largest absolute Gasteiger partial charge is 0.469 e. The molecule has 0 aromatic rings. The summed E-state index contributed by atoms with van der Waals surface area (Å²) in [5.74, 6) is 7.73. The molecule has 0 heterocycles. The summed E-state index contributed by atoms with van der Waals surface area (Å²) in [6.45, 7) is 2.27. The maximum absolute atomic E-state index is 11.3. The molecule has 33 heavy (non-hydrogen) atoms. The minimum Gasteiger partial charge on any atom is -0.469 e. The molecule has 0 aromatic heterocycles. The smallest absolute Gasteiger partial charge is 0.305 e. The zero-order chi connectivity index (χ0) is 24.4. The van der Waals surface area contributed by atoms with Crippen LogP contribution in [0.15, 0.2) is 0 Å². The zero-order valence-corrected chi connectivity index (χ0v) is 22.6. The van der Waals surface area contributed by atoms with Crippen LogP contribution in [0.1, 0.15) is 129 Å². The van der Waals surface area contributed by atoms with Crippen LogP contribution in [0, 0.1) is 11.8 Å². The van der Waals surface area contributed by atoms with Crippen molar-refractivity contribution < 1.29 is 19.1 Å². The molecule has 0 fully saturated rings. The normalized spacial score (nSPS) is 11.5. The predicted molar refractivity (Wildman–Crippen MR) is 141 cm³/mol. The van der Waals surface area contributed by atoms with Crippen LogP contribution in [0.2, 0.25) is 0 Å². The van der Waals surface area contributed by atoms with E-state index in [-0.39, 0.29) is 11.9 Å². The summed E-state index contributed by atoms with van der Waals surface area (Å²) in [5.41, 5.74) is 0. The van der Waals surface area contributed by atoms with E-state index in [9.17, 15) is 9.59 Å². The molecule has 0 saturated carbocycles. The number of ether oxygens (including phenoxy) is 2. The number of esters is 2. The lowest BCUT2D eigenvalue weighted by atomic mass is 10.1. The third kappa shape index (κ3) is 23.8. The van der Waals surface area contributed by atoms with Crippen molar-refractivity contribution in [1.82, 2.24) is 0 Å². The second-order valence-electron chi connectivity index (χ2n) is 8.82. The van der Waals surface area contributed by atoms with Crippen molar-refractivity contribution in [2.75, 3.05) is 20.0 Å². The van der Waals surface area contributed by atoms with Gasteiger partial charge in [-0.15, -0.1) is 17.7 Å². The summed E-state index contributed by atoms with van der Waals surface area (Å²) >= 11 is 1.93. The molecule has 0 aliphatic carbocycles. The minimum atomic E-state index is -0.128. The molecule has 0 spiro atoms. The van der Waals surface area contributed by atoms with E-state index in [2.05, 4.69) is 23.5 Å². The number of methoxy groups -OCH3 is 2. The molecule has 0 aliphatic heterocycles. The van der Waals surface area contributed by atoms with E-state index in [4.69, 9.17) is 4.74 Å². The highest BCUT2D eigenvalue weighted by atomic mass is 32.2. The Morgan fingerprint density at radius 2 is 1.21 bits per heavy atom. The van der Waals surface area contributed by atoms with Gasteiger partial charge in [-0.05, 0) is 37.9 Å². The maximum atomic E-state index is 11.3. The van der Waals surface area contributed by atoms with E-state index < -0.39 is 0 Å². The standard InChI is InChI=1S/C28H50O4S/c1-4-5-6-7-8-9-10-11-12-13-14-16-21-26(22-18-19-24-28(30)32-3)33-25-20-15-17-23-27(29)31-2/h26H,4-15,17-20,22-25H2,1-3H3. The Kier molecular flexibility index (Phi) is 24.6. The maximum Gasteiger partial charge on any atom is 0.305 e.